The van der Waals surface area contributed by atoms with E-state index < -0.39 is 32.7 Å². The van der Waals surface area contributed by atoms with Crippen LogP contribution in [-0.4, -0.2) is 25.5 Å². The summed E-state index contributed by atoms with van der Waals surface area (Å²) in [7, 11) is -4.19. The van der Waals surface area contributed by atoms with E-state index in [1.54, 1.807) is 6.92 Å². The monoisotopic (exact) mass is 303 g/mol. The van der Waals surface area contributed by atoms with Crippen molar-refractivity contribution < 1.29 is 22.7 Å². The summed E-state index contributed by atoms with van der Waals surface area (Å²) in [5, 5.41) is 9.00. The van der Waals surface area contributed by atoms with Gasteiger partial charge in [-0.1, -0.05) is 25.8 Å². The van der Waals surface area contributed by atoms with Gasteiger partial charge < -0.3 is 5.11 Å². The zero-order valence-electron chi connectivity index (χ0n) is 11.4. The van der Waals surface area contributed by atoms with E-state index in [0.29, 0.717) is 12.0 Å². The van der Waals surface area contributed by atoms with Gasteiger partial charge in [-0.25, -0.2) is 12.8 Å². The van der Waals surface area contributed by atoms with Crippen LogP contribution in [0, 0.1) is 12.7 Å². The SMILES string of the molecule is CCCCC(NS(=O)(=O)c1ccc(C)cc1F)C(=O)O. The summed E-state index contributed by atoms with van der Waals surface area (Å²) in [6.45, 7) is 3.50. The van der Waals surface area contributed by atoms with E-state index in [4.69, 9.17) is 5.11 Å². The van der Waals surface area contributed by atoms with Crippen LogP contribution in [0.1, 0.15) is 31.7 Å². The average Bonchev–Trinajstić information content (AvgIpc) is 2.33. The second kappa shape index (κ2) is 6.81. The number of carboxylic acids is 1. The number of aliphatic carboxylic acids is 1. The van der Waals surface area contributed by atoms with Gasteiger partial charge in [0.25, 0.3) is 0 Å². The van der Waals surface area contributed by atoms with Gasteiger partial charge in [-0.2, -0.15) is 4.72 Å². The maximum absolute atomic E-state index is 13.7. The molecule has 0 saturated carbocycles. The van der Waals surface area contributed by atoms with Gasteiger partial charge in [0.05, 0.1) is 0 Å². The van der Waals surface area contributed by atoms with Crippen molar-refractivity contribution >= 4 is 16.0 Å². The van der Waals surface area contributed by atoms with Crippen LogP contribution in [0.15, 0.2) is 23.1 Å². The van der Waals surface area contributed by atoms with E-state index in [1.165, 1.54) is 6.07 Å². The van der Waals surface area contributed by atoms with Crippen molar-refractivity contribution in [2.75, 3.05) is 0 Å². The van der Waals surface area contributed by atoms with E-state index in [9.17, 15) is 17.6 Å². The number of unbranched alkanes of at least 4 members (excludes halogenated alkanes) is 1. The van der Waals surface area contributed by atoms with Gasteiger partial charge in [0.15, 0.2) is 0 Å². The highest BCUT2D eigenvalue weighted by atomic mass is 32.2. The fraction of sp³-hybridized carbons (Fsp3) is 0.462. The molecule has 0 bridgehead atoms. The molecule has 1 aromatic rings. The fourth-order valence-corrected chi connectivity index (χ4v) is 3.00. The molecule has 0 radical (unpaired) electrons. The molecule has 1 atom stereocenters. The minimum atomic E-state index is -4.19. The quantitative estimate of drug-likeness (QED) is 0.807. The molecule has 1 unspecified atom stereocenters. The molecule has 1 aromatic carbocycles. The number of halogens is 1. The molecule has 0 aromatic heterocycles. The number of aryl methyl sites for hydroxylation is 1. The number of benzene rings is 1. The second-order valence-corrected chi connectivity index (χ2v) is 6.27. The number of rotatable bonds is 7. The molecule has 7 heteroatoms. The van der Waals surface area contributed by atoms with Crippen molar-refractivity contribution in [1.82, 2.24) is 4.72 Å². The molecule has 112 valence electrons. The lowest BCUT2D eigenvalue weighted by atomic mass is 10.1. The van der Waals surface area contributed by atoms with Crippen molar-refractivity contribution in [3.05, 3.63) is 29.6 Å². The molecular formula is C13H18FNO4S. The number of carbonyl (C=O) groups is 1. The fourth-order valence-electron chi connectivity index (χ4n) is 1.72. The normalized spacial score (nSPS) is 13.2. The first-order chi connectivity index (χ1) is 9.27. The third kappa shape index (κ3) is 4.28. The lowest BCUT2D eigenvalue weighted by Gasteiger charge is -2.15. The summed E-state index contributed by atoms with van der Waals surface area (Å²) >= 11 is 0. The maximum atomic E-state index is 13.7. The molecule has 0 spiro atoms. The number of sulfonamides is 1. The lowest BCUT2D eigenvalue weighted by Crippen LogP contribution is -2.40. The number of carboxylic acid groups (broad SMARTS) is 1. The van der Waals surface area contributed by atoms with E-state index in [-0.39, 0.29) is 6.42 Å². The van der Waals surface area contributed by atoms with Crippen LogP contribution in [0.3, 0.4) is 0 Å². The third-order valence-corrected chi connectivity index (χ3v) is 4.32. The molecule has 0 saturated heterocycles. The van der Waals surface area contributed by atoms with Crippen LogP contribution in [0.2, 0.25) is 0 Å². The molecule has 20 heavy (non-hydrogen) atoms. The zero-order chi connectivity index (χ0) is 15.3. The topological polar surface area (TPSA) is 83.5 Å². The predicted octanol–water partition coefficient (Wildman–Crippen LogP) is 2.06. The summed E-state index contributed by atoms with van der Waals surface area (Å²) in [5.41, 5.74) is 0.585. The van der Waals surface area contributed by atoms with Gasteiger partial charge in [-0.3, -0.25) is 4.79 Å². The van der Waals surface area contributed by atoms with Crippen molar-refractivity contribution in [2.45, 2.75) is 44.0 Å². The van der Waals surface area contributed by atoms with Crippen molar-refractivity contribution in [1.29, 1.82) is 0 Å². The molecule has 5 nitrogen and oxygen atoms in total. The Morgan fingerprint density at radius 2 is 2.10 bits per heavy atom. The molecule has 2 N–H and O–H groups in total. The third-order valence-electron chi connectivity index (χ3n) is 2.82. The highest BCUT2D eigenvalue weighted by molar-refractivity contribution is 7.89. The van der Waals surface area contributed by atoms with Gasteiger partial charge >= 0.3 is 5.97 Å². The Morgan fingerprint density at radius 1 is 1.45 bits per heavy atom. The average molecular weight is 303 g/mol. The highest BCUT2D eigenvalue weighted by Gasteiger charge is 2.26. The molecular weight excluding hydrogens is 285 g/mol. The molecule has 0 amide bonds. The van der Waals surface area contributed by atoms with E-state index in [0.717, 1.165) is 18.6 Å². The van der Waals surface area contributed by atoms with Crippen LogP contribution in [0.5, 0.6) is 0 Å². The summed E-state index contributed by atoms with van der Waals surface area (Å²) in [4.78, 5) is 10.5. The minimum Gasteiger partial charge on any atom is -0.480 e. The molecule has 1 rings (SSSR count). The highest BCUT2D eigenvalue weighted by Crippen LogP contribution is 2.16. The summed E-state index contributed by atoms with van der Waals surface area (Å²) < 4.78 is 39.8. The van der Waals surface area contributed by atoms with Gasteiger partial charge in [-0.15, -0.1) is 0 Å². The Kier molecular flexibility index (Phi) is 5.64. The van der Waals surface area contributed by atoms with E-state index in [2.05, 4.69) is 0 Å². The molecule has 0 heterocycles. The largest absolute Gasteiger partial charge is 0.480 e. The Balaban J connectivity index is 3.00. The summed E-state index contributed by atoms with van der Waals surface area (Å²) in [6, 6.07) is 2.43. The van der Waals surface area contributed by atoms with Crippen LogP contribution in [0.4, 0.5) is 4.39 Å². The summed E-state index contributed by atoms with van der Waals surface area (Å²) in [6.07, 6.45) is 1.47. The van der Waals surface area contributed by atoms with E-state index in [1.807, 2.05) is 11.6 Å². The van der Waals surface area contributed by atoms with Crippen LogP contribution < -0.4 is 4.72 Å². The van der Waals surface area contributed by atoms with Crippen molar-refractivity contribution in [3.8, 4) is 0 Å². The minimum absolute atomic E-state index is 0.165. The Morgan fingerprint density at radius 3 is 2.60 bits per heavy atom. The summed E-state index contributed by atoms with van der Waals surface area (Å²) in [5.74, 6) is -2.16. The first-order valence-corrected chi connectivity index (χ1v) is 7.77. The van der Waals surface area contributed by atoms with Gasteiger partial charge in [-0.05, 0) is 31.0 Å². The standard InChI is InChI=1S/C13H18FNO4S/c1-3-4-5-11(13(16)17)15-20(18,19)12-7-6-9(2)8-10(12)14/h6-8,11,15H,3-5H2,1-2H3,(H,16,17). The molecule has 0 aliphatic carbocycles. The van der Waals surface area contributed by atoms with Crippen LogP contribution >= 0.6 is 0 Å². The van der Waals surface area contributed by atoms with Crippen molar-refractivity contribution in [2.24, 2.45) is 0 Å². The smallest absolute Gasteiger partial charge is 0.321 e. The number of hydrogen-bond donors (Lipinski definition) is 2. The van der Waals surface area contributed by atoms with Gasteiger partial charge in [0.1, 0.15) is 16.8 Å². The first-order valence-electron chi connectivity index (χ1n) is 6.29. The maximum Gasteiger partial charge on any atom is 0.321 e. The Hall–Kier alpha value is -1.47. The number of nitrogens with one attached hydrogen (secondary N) is 1. The Bertz CT molecular complexity index is 586. The van der Waals surface area contributed by atoms with Crippen LogP contribution in [-0.2, 0) is 14.8 Å². The lowest BCUT2D eigenvalue weighted by molar-refractivity contribution is -0.139. The molecule has 0 fully saturated rings. The van der Waals surface area contributed by atoms with Gasteiger partial charge in [0, 0.05) is 0 Å². The molecule has 0 aliphatic heterocycles. The number of hydrogen-bond acceptors (Lipinski definition) is 3. The van der Waals surface area contributed by atoms with E-state index >= 15 is 0 Å². The van der Waals surface area contributed by atoms with Crippen LogP contribution in [0.25, 0.3) is 0 Å². The Labute approximate surface area is 117 Å². The van der Waals surface area contributed by atoms with Gasteiger partial charge in [0.2, 0.25) is 10.0 Å². The zero-order valence-corrected chi connectivity index (χ0v) is 12.2. The predicted molar refractivity (Wildman–Crippen MR) is 72.4 cm³/mol. The first kappa shape index (κ1) is 16.6. The van der Waals surface area contributed by atoms with Crippen molar-refractivity contribution in [3.63, 3.8) is 0 Å². The second-order valence-electron chi connectivity index (χ2n) is 4.59. The molecule has 0 aliphatic rings.